The van der Waals surface area contributed by atoms with Crippen LogP contribution in [0.4, 0.5) is 11.4 Å². The van der Waals surface area contributed by atoms with Crippen LogP contribution < -0.4 is 16.4 Å². The van der Waals surface area contributed by atoms with Gasteiger partial charge in [0.1, 0.15) is 6.10 Å². The van der Waals surface area contributed by atoms with E-state index in [4.69, 9.17) is 10.5 Å². The molecule has 2 rings (SSSR count). The van der Waals surface area contributed by atoms with E-state index in [0.29, 0.717) is 24.3 Å². The number of benzene rings is 1. The first-order valence-electron chi connectivity index (χ1n) is 6.62. The van der Waals surface area contributed by atoms with Crippen LogP contribution in [0.15, 0.2) is 24.3 Å². The van der Waals surface area contributed by atoms with E-state index >= 15 is 0 Å². The molecule has 1 saturated heterocycles. The fraction of sp³-hybridized carbons (Fsp3) is 0.429. The number of ether oxygens (including phenoxy) is 1. The molecule has 2 atom stereocenters. The van der Waals surface area contributed by atoms with Gasteiger partial charge in [-0.2, -0.15) is 0 Å². The Morgan fingerprint density at radius 2 is 1.76 bits per heavy atom. The Kier molecular flexibility index (Phi) is 6.61. The molecule has 0 radical (unpaired) electrons. The molecule has 4 N–H and O–H groups in total. The molecule has 21 heavy (non-hydrogen) atoms. The van der Waals surface area contributed by atoms with E-state index in [1.54, 1.807) is 24.3 Å². The summed E-state index contributed by atoms with van der Waals surface area (Å²) >= 11 is 0. The van der Waals surface area contributed by atoms with E-state index < -0.39 is 6.10 Å². The van der Waals surface area contributed by atoms with Gasteiger partial charge in [0.25, 0.3) is 5.91 Å². The van der Waals surface area contributed by atoms with Crippen molar-refractivity contribution in [2.24, 2.45) is 5.73 Å². The van der Waals surface area contributed by atoms with Gasteiger partial charge in [-0.3, -0.25) is 9.59 Å². The standard InChI is InChI=1S/C14H19N3O3.ClH/c1-9(18)16-10-2-4-11(5-3-10)17-14(19)13-7-6-12(8-15)20-13;/h2-5,12-13H,6-8,15H2,1H3,(H,16,18)(H,17,19);1H/t12-,13+;/m1./s1. The molecule has 0 saturated carbocycles. The minimum absolute atomic E-state index is 0. The predicted molar refractivity (Wildman–Crippen MR) is 83.6 cm³/mol. The van der Waals surface area contributed by atoms with E-state index in [9.17, 15) is 9.59 Å². The minimum atomic E-state index is -0.432. The summed E-state index contributed by atoms with van der Waals surface area (Å²) in [7, 11) is 0. The maximum Gasteiger partial charge on any atom is 0.253 e. The average molecular weight is 314 g/mol. The summed E-state index contributed by atoms with van der Waals surface area (Å²) in [6.07, 6.45) is 1.06. The second-order valence-electron chi connectivity index (χ2n) is 4.81. The summed E-state index contributed by atoms with van der Waals surface area (Å²) in [4.78, 5) is 22.9. The second kappa shape index (κ2) is 7.97. The number of amides is 2. The van der Waals surface area contributed by atoms with Crippen molar-refractivity contribution in [1.29, 1.82) is 0 Å². The summed E-state index contributed by atoms with van der Waals surface area (Å²) < 4.78 is 5.53. The van der Waals surface area contributed by atoms with Crippen molar-refractivity contribution in [3.63, 3.8) is 0 Å². The third-order valence-electron chi connectivity index (χ3n) is 3.14. The Labute approximate surface area is 129 Å². The molecule has 0 spiro atoms. The van der Waals surface area contributed by atoms with Crippen molar-refractivity contribution < 1.29 is 14.3 Å². The summed E-state index contributed by atoms with van der Waals surface area (Å²) in [5.41, 5.74) is 6.87. The summed E-state index contributed by atoms with van der Waals surface area (Å²) in [6, 6.07) is 6.93. The first-order valence-corrected chi connectivity index (χ1v) is 6.62. The number of nitrogens with one attached hydrogen (secondary N) is 2. The van der Waals surface area contributed by atoms with Gasteiger partial charge >= 0.3 is 0 Å². The fourth-order valence-electron chi connectivity index (χ4n) is 2.13. The quantitative estimate of drug-likeness (QED) is 0.785. The number of rotatable bonds is 4. The van der Waals surface area contributed by atoms with E-state index in [-0.39, 0.29) is 30.3 Å². The lowest BCUT2D eigenvalue weighted by Crippen LogP contribution is -2.29. The largest absolute Gasteiger partial charge is 0.364 e. The monoisotopic (exact) mass is 313 g/mol. The van der Waals surface area contributed by atoms with Crippen molar-refractivity contribution in [3.05, 3.63) is 24.3 Å². The van der Waals surface area contributed by atoms with Gasteiger partial charge in [0.2, 0.25) is 5.91 Å². The normalized spacial score (nSPS) is 20.5. The Morgan fingerprint density at radius 3 is 2.24 bits per heavy atom. The van der Waals surface area contributed by atoms with Gasteiger partial charge in [0.15, 0.2) is 0 Å². The molecule has 1 aliphatic heterocycles. The first-order chi connectivity index (χ1) is 9.58. The maximum absolute atomic E-state index is 12.0. The van der Waals surface area contributed by atoms with Crippen LogP contribution in [-0.2, 0) is 14.3 Å². The molecule has 1 fully saturated rings. The lowest BCUT2D eigenvalue weighted by Gasteiger charge is -2.13. The van der Waals surface area contributed by atoms with Gasteiger partial charge in [-0.15, -0.1) is 12.4 Å². The maximum atomic E-state index is 12.0. The molecule has 1 aromatic rings. The van der Waals surface area contributed by atoms with Gasteiger partial charge in [0, 0.05) is 24.8 Å². The molecule has 0 aromatic heterocycles. The Bertz CT molecular complexity index is 493. The van der Waals surface area contributed by atoms with Crippen LogP contribution in [-0.4, -0.2) is 30.6 Å². The van der Waals surface area contributed by atoms with Crippen LogP contribution in [0.1, 0.15) is 19.8 Å². The Balaban J connectivity index is 0.00000220. The highest BCUT2D eigenvalue weighted by Crippen LogP contribution is 2.21. The summed E-state index contributed by atoms with van der Waals surface area (Å²) in [5, 5.41) is 5.46. The molecular weight excluding hydrogens is 294 g/mol. The molecule has 7 heteroatoms. The zero-order valence-corrected chi connectivity index (χ0v) is 12.6. The SMILES string of the molecule is CC(=O)Nc1ccc(NC(=O)[C@@H]2CC[C@H](CN)O2)cc1.Cl. The molecule has 116 valence electrons. The lowest BCUT2D eigenvalue weighted by atomic mass is 10.2. The number of nitrogens with two attached hydrogens (primary N) is 1. The molecule has 1 aromatic carbocycles. The van der Waals surface area contributed by atoms with Crippen LogP contribution in [0.2, 0.25) is 0 Å². The molecule has 0 unspecified atom stereocenters. The van der Waals surface area contributed by atoms with E-state index in [2.05, 4.69) is 10.6 Å². The topological polar surface area (TPSA) is 93.5 Å². The van der Waals surface area contributed by atoms with Crippen molar-refractivity contribution in [2.45, 2.75) is 32.0 Å². The van der Waals surface area contributed by atoms with E-state index in [1.807, 2.05) is 0 Å². The third-order valence-corrected chi connectivity index (χ3v) is 3.14. The Morgan fingerprint density at radius 1 is 1.19 bits per heavy atom. The Hall–Kier alpha value is -1.63. The van der Waals surface area contributed by atoms with E-state index in [0.717, 1.165) is 6.42 Å². The molecule has 6 nitrogen and oxygen atoms in total. The van der Waals surface area contributed by atoms with Gasteiger partial charge in [-0.1, -0.05) is 0 Å². The number of hydrogen-bond donors (Lipinski definition) is 3. The van der Waals surface area contributed by atoms with Crippen LogP contribution in [0.5, 0.6) is 0 Å². The van der Waals surface area contributed by atoms with Gasteiger partial charge in [-0.25, -0.2) is 0 Å². The zero-order chi connectivity index (χ0) is 14.5. The minimum Gasteiger partial charge on any atom is -0.364 e. The predicted octanol–water partition coefficient (Wildman–Crippen LogP) is 1.51. The van der Waals surface area contributed by atoms with Crippen molar-refractivity contribution in [3.8, 4) is 0 Å². The highest BCUT2D eigenvalue weighted by atomic mass is 35.5. The zero-order valence-electron chi connectivity index (χ0n) is 11.8. The number of carbonyl (C=O) groups excluding carboxylic acids is 2. The van der Waals surface area contributed by atoms with Crippen LogP contribution in [0.25, 0.3) is 0 Å². The number of hydrogen-bond acceptors (Lipinski definition) is 4. The van der Waals surface area contributed by atoms with Gasteiger partial charge in [0.05, 0.1) is 6.10 Å². The number of anilines is 2. The summed E-state index contributed by atoms with van der Waals surface area (Å²) in [6.45, 7) is 1.89. The van der Waals surface area contributed by atoms with Gasteiger partial charge < -0.3 is 21.1 Å². The van der Waals surface area contributed by atoms with E-state index in [1.165, 1.54) is 6.92 Å². The molecule has 0 aliphatic carbocycles. The summed E-state index contributed by atoms with van der Waals surface area (Å²) in [5.74, 6) is -0.290. The van der Waals surface area contributed by atoms with Crippen LogP contribution in [0, 0.1) is 0 Å². The van der Waals surface area contributed by atoms with Crippen LogP contribution >= 0.6 is 12.4 Å². The highest BCUT2D eigenvalue weighted by Gasteiger charge is 2.29. The van der Waals surface area contributed by atoms with Crippen LogP contribution in [0.3, 0.4) is 0 Å². The highest BCUT2D eigenvalue weighted by molar-refractivity contribution is 5.95. The van der Waals surface area contributed by atoms with Crippen molar-refractivity contribution in [2.75, 3.05) is 17.2 Å². The number of halogens is 1. The molecule has 2 amide bonds. The smallest absolute Gasteiger partial charge is 0.253 e. The fourth-order valence-corrected chi connectivity index (χ4v) is 2.13. The van der Waals surface area contributed by atoms with Crippen molar-refractivity contribution in [1.82, 2.24) is 0 Å². The lowest BCUT2D eigenvalue weighted by molar-refractivity contribution is -0.126. The van der Waals surface area contributed by atoms with Gasteiger partial charge in [-0.05, 0) is 37.1 Å². The second-order valence-corrected chi connectivity index (χ2v) is 4.81. The third kappa shape index (κ3) is 5.00. The average Bonchev–Trinajstić information content (AvgIpc) is 2.89. The molecule has 1 aliphatic rings. The molecule has 0 bridgehead atoms. The first kappa shape index (κ1) is 17.4. The molecule has 1 heterocycles. The molecular formula is C14H20ClN3O3. The number of carbonyl (C=O) groups is 2. The van der Waals surface area contributed by atoms with Crippen molar-refractivity contribution >= 4 is 35.6 Å².